The Labute approximate surface area is 104 Å². The molecule has 0 amide bonds. The van der Waals surface area contributed by atoms with E-state index in [1.165, 1.54) is 5.56 Å². The van der Waals surface area contributed by atoms with Crippen molar-refractivity contribution in [2.45, 2.75) is 32.4 Å². The molecule has 0 spiro atoms. The van der Waals surface area contributed by atoms with E-state index in [4.69, 9.17) is 9.47 Å². The van der Waals surface area contributed by atoms with Crippen LogP contribution in [0.4, 0.5) is 0 Å². The highest BCUT2D eigenvalue weighted by atomic mass is 16.5. The molecule has 96 valence electrons. The number of ether oxygens (including phenoxy) is 2. The van der Waals surface area contributed by atoms with Crippen LogP contribution >= 0.6 is 0 Å². The molecule has 1 aromatic carbocycles. The van der Waals surface area contributed by atoms with E-state index in [1.54, 1.807) is 14.2 Å². The summed E-state index contributed by atoms with van der Waals surface area (Å²) in [5, 5.41) is 3.51. The van der Waals surface area contributed by atoms with Gasteiger partial charge in [-0.25, -0.2) is 0 Å². The van der Waals surface area contributed by atoms with Crippen LogP contribution in [0.5, 0.6) is 5.75 Å². The van der Waals surface area contributed by atoms with E-state index in [-0.39, 0.29) is 6.10 Å². The number of methoxy groups -OCH3 is 2. The molecule has 0 aliphatic carbocycles. The Bertz CT molecular complexity index is 311. The molecule has 0 bridgehead atoms. The first-order chi connectivity index (χ1) is 8.21. The maximum Gasteiger partial charge on any atom is 0.118 e. The van der Waals surface area contributed by atoms with Crippen LogP contribution in [0.3, 0.4) is 0 Å². The second-order valence-corrected chi connectivity index (χ2v) is 4.19. The number of rotatable bonds is 7. The highest BCUT2D eigenvalue weighted by molar-refractivity contribution is 5.29. The number of benzene rings is 1. The Morgan fingerprint density at radius 1 is 1.18 bits per heavy atom. The first kappa shape index (κ1) is 14.0. The Morgan fingerprint density at radius 3 is 2.29 bits per heavy atom. The zero-order valence-corrected chi connectivity index (χ0v) is 11.2. The van der Waals surface area contributed by atoms with E-state index in [0.29, 0.717) is 6.04 Å². The summed E-state index contributed by atoms with van der Waals surface area (Å²) in [5.74, 6) is 0.897. The van der Waals surface area contributed by atoms with Gasteiger partial charge in [0.1, 0.15) is 5.75 Å². The van der Waals surface area contributed by atoms with Gasteiger partial charge in [0, 0.05) is 19.7 Å². The second-order valence-electron chi connectivity index (χ2n) is 4.19. The molecule has 3 nitrogen and oxygen atoms in total. The second kappa shape index (κ2) is 7.30. The summed E-state index contributed by atoms with van der Waals surface area (Å²) >= 11 is 0. The van der Waals surface area contributed by atoms with Crippen LogP contribution in [-0.2, 0) is 4.74 Å². The van der Waals surface area contributed by atoms with Gasteiger partial charge in [0.25, 0.3) is 0 Å². The molecule has 0 aromatic heterocycles. The molecule has 0 radical (unpaired) electrons. The molecule has 2 atom stereocenters. The van der Waals surface area contributed by atoms with E-state index < -0.39 is 0 Å². The molecule has 0 aliphatic rings. The number of hydrogen-bond donors (Lipinski definition) is 1. The summed E-state index contributed by atoms with van der Waals surface area (Å²) in [5.41, 5.74) is 1.29. The van der Waals surface area contributed by atoms with Gasteiger partial charge in [-0.1, -0.05) is 19.1 Å². The van der Waals surface area contributed by atoms with Crippen molar-refractivity contribution in [3.63, 3.8) is 0 Å². The third-order valence-corrected chi connectivity index (χ3v) is 2.98. The summed E-state index contributed by atoms with van der Waals surface area (Å²) in [4.78, 5) is 0. The minimum atomic E-state index is 0.238. The fourth-order valence-electron chi connectivity index (χ4n) is 1.73. The monoisotopic (exact) mass is 237 g/mol. The lowest BCUT2D eigenvalue weighted by atomic mass is 10.0. The third-order valence-electron chi connectivity index (χ3n) is 2.98. The van der Waals surface area contributed by atoms with Gasteiger partial charge >= 0.3 is 0 Å². The van der Waals surface area contributed by atoms with Gasteiger partial charge in [0.05, 0.1) is 13.2 Å². The topological polar surface area (TPSA) is 30.5 Å². The first-order valence-corrected chi connectivity index (χ1v) is 6.11. The van der Waals surface area contributed by atoms with Crippen LogP contribution < -0.4 is 10.1 Å². The van der Waals surface area contributed by atoms with Crippen molar-refractivity contribution in [1.29, 1.82) is 0 Å². The van der Waals surface area contributed by atoms with E-state index in [9.17, 15) is 0 Å². The molecule has 1 N–H and O–H groups in total. The number of hydrogen-bond acceptors (Lipinski definition) is 3. The summed E-state index contributed by atoms with van der Waals surface area (Å²) in [6.07, 6.45) is 1.30. The van der Waals surface area contributed by atoms with Crippen molar-refractivity contribution >= 4 is 0 Å². The molecule has 0 fully saturated rings. The van der Waals surface area contributed by atoms with Crippen LogP contribution in [-0.4, -0.2) is 26.9 Å². The van der Waals surface area contributed by atoms with E-state index in [0.717, 1.165) is 18.7 Å². The Kier molecular flexibility index (Phi) is 6.01. The standard InChI is InChI=1S/C14H23NO2/c1-5-14(15-10-11(2)16-3)12-6-8-13(17-4)9-7-12/h6-9,11,14-15H,5,10H2,1-4H3. The quantitative estimate of drug-likeness (QED) is 0.791. The van der Waals surface area contributed by atoms with Crippen molar-refractivity contribution < 1.29 is 9.47 Å². The lowest BCUT2D eigenvalue weighted by Crippen LogP contribution is -2.29. The molecular formula is C14H23NO2. The van der Waals surface area contributed by atoms with Crippen LogP contribution in [0, 0.1) is 0 Å². The summed E-state index contributed by atoms with van der Waals surface area (Å²) < 4.78 is 10.4. The van der Waals surface area contributed by atoms with Crippen molar-refractivity contribution in [2.75, 3.05) is 20.8 Å². The summed E-state index contributed by atoms with van der Waals surface area (Å²) in [7, 11) is 3.42. The maximum atomic E-state index is 5.23. The van der Waals surface area contributed by atoms with E-state index >= 15 is 0 Å². The van der Waals surface area contributed by atoms with Gasteiger partial charge < -0.3 is 14.8 Å². The molecule has 17 heavy (non-hydrogen) atoms. The molecule has 3 heteroatoms. The van der Waals surface area contributed by atoms with Crippen LogP contribution in [0.15, 0.2) is 24.3 Å². The van der Waals surface area contributed by atoms with Gasteiger partial charge in [-0.05, 0) is 31.0 Å². The van der Waals surface area contributed by atoms with Gasteiger partial charge in [0.15, 0.2) is 0 Å². The third kappa shape index (κ3) is 4.36. The van der Waals surface area contributed by atoms with Crippen LogP contribution in [0.2, 0.25) is 0 Å². The summed E-state index contributed by atoms with van der Waals surface area (Å²) in [6.45, 7) is 5.11. The Hall–Kier alpha value is -1.06. The van der Waals surface area contributed by atoms with Gasteiger partial charge in [-0.15, -0.1) is 0 Å². The van der Waals surface area contributed by atoms with Crippen LogP contribution in [0.25, 0.3) is 0 Å². The molecule has 1 rings (SSSR count). The van der Waals surface area contributed by atoms with Crippen molar-refractivity contribution in [2.24, 2.45) is 0 Å². The molecule has 0 saturated carbocycles. The molecular weight excluding hydrogens is 214 g/mol. The average molecular weight is 237 g/mol. The van der Waals surface area contributed by atoms with Crippen molar-refractivity contribution in [1.82, 2.24) is 5.32 Å². The Morgan fingerprint density at radius 2 is 1.82 bits per heavy atom. The van der Waals surface area contributed by atoms with Crippen molar-refractivity contribution in [3.05, 3.63) is 29.8 Å². The zero-order chi connectivity index (χ0) is 12.7. The van der Waals surface area contributed by atoms with Crippen molar-refractivity contribution in [3.8, 4) is 5.75 Å². The fourth-order valence-corrected chi connectivity index (χ4v) is 1.73. The molecule has 0 aliphatic heterocycles. The van der Waals surface area contributed by atoms with E-state index in [2.05, 4.69) is 31.3 Å². The summed E-state index contributed by atoms with van der Waals surface area (Å²) in [6, 6.07) is 8.59. The van der Waals surface area contributed by atoms with E-state index in [1.807, 2.05) is 12.1 Å². The maximum absolute atomic E-state index is 5.23. The zero-order valence-electron chi connectivity index (χ0n) is 11.2. The highest BCUT2D eigenvalue weighted by Gasteiger charge is 2.10. The minimum Gasteiger partial charge on any atom is -0.497 e. The largest absolute Gasteiger partial charge is 0.497 e. The fraction of sp³-hybridized carbons (Fsp3) is 0.571. The smallest absolute Gasteiger partial charge is 0.118 e. The molecule has 0 saturated heterocycles. The van der Waals surface area contributed by atoms with Gasteiger partial charge in [0.2, 0.25) is 0 Å². The number of nitrogens with one attached hydrogen (secondary N) is 1. The SMILES string of the molecule is CCC(NCC(C)OC)c1ccc(OC)cc1. The van der Waals surface area contributed by atoms with Gasteiger partial charge in [-0.2, -0.15) is 0 Å². The molecule has 0 heterocycles. The first-order valence-electron chi connectivity index (χ1n) is 6.11. The Balaban J connectivity index is 2.59. The lowest BCUT2D eigenvalue weighted by molar-refractivity contribution is 0.114. The van der Waals surface area contributed by atoms with Crippen LogP contribution in [0.1, 0.15) is 31.9 Å². The highest BCUT2D eigenvalue weighted by Crippen LogP contribution is 2.19. The lowest BCUT2D eigenvalue weighted by Gasteiger charge is -2.20. The van der Waals surface area contributed by atoms with Gasteiger partial charge in [-0.3, -0.25) is 0 Å². The predicted molar refractivity (Wildman–Crippen MR) is 70.5 cm³/mol. The molecule has 1 aromatic rings. The normalized spacial score (nSPS) is 14.4. The molecule has 2 unspecified atom stereocenters. The average Bonchev–Trinajstić information content (AvgIpc) is 2.39. The minimum absolute atomic E-state index is 0.238. The predicted octanol–water partition coefficient (Wildman–Crippen LogP) is 2.77.